The number of hydrogen-bond donors (Lipinski definition) is 1. The maximum Gasteiger partial charge on any atom is 0.123 e. The lowest BCUT2D eigenvalue weighted by atomic mass is 9.99. The fraction of sp³-hybridized carbons (Fsp3) is 0.333. The minimum Gasteiger partial charge on any atom is -0.306 e. The number of hydrogen-bond acceptors (Lipinski definition) is 1. The van der Waals surface area contributed by atoms with Crippen LogP contribution in [0.4, 0.5) is 4.39 Å². The predicted molar refractivity (Wildman–Crippen MR) is 82.3 cm³/mol. The SMILES string of the molecule is Cc1ccc(C)c(C(C)NCc2ccc(F)cc2C)c1. The molecule has 0 spiro atoms. The molecule has 0 aromatic heterocycles. The van der Waals surface area contributed by atoms with Crippen molar-refractivity contribution in [3.8, 4) is 0 Å². The third kappa shape index (κ3) is 3.45. The highest BCUT2D eigenvalue weighted by atomic mass is 19.1. The Bertz CT molecular complexity index is 604. The molecule has 1 N–H and O–H groups in total. The van der Waals surface area contributed by atoms with Gasteiger partial charge in [-0.1, -0.05) is 29.8 Å². The minimum atomic E-state index is -0.172. The van der Waals surface area contributed by atoms with Crippen LogP contribution in [0.1, 0.15) is 40.8 Å². The van der Waals surface area contributed by atoms with Gasteiger partial charge < -0.3 is 5.32 Å². The summed E-state index contributed by atoms with van der Waals surface area (Å²) in [5.41, 5.74) is 6.03. The van der Waals surface area contributed by atoms with Crippen LogP contribution < -0.4 is 5.32 Å². The molecule has 20 heavy (non-hydrogen) atoms. The van der Waals surface area contributed by atoms with Gasteiger partial charge >= 0.3 is 0 Å². The molecular formula is C18H22FN. The molecule has 2 aromatic carbocycles. The van der Waals surface area contributed by atoms with Crippen LogP contribution in [0.25, 0.3) is 0 Å². The summed E-state index contributed by atoms with van der Waals surface area (Å²) < 4.78 is 13.1. The summed E-state index contributed by atoms with van der Waals surface area (Å²) in [4.78, 5) is 0. The fourth-order valence-electron chi connectivity index (χ4n) is 2.46. The highest BCUT2D eigenvalue weighted by Crippen LogP contribution is 2.20. The molecule has 2 heteroatoms. The lowest BCUT2D eigenvalue weighted by Crippen LogP contribution is -2.19. The van der Waals surface area contributed by atoms with Gasteiger partial charge in [0.2, 0.25) is 0 Å². The van der Waals surface area contributed by atoms with Crippen molar-refractivity contribution >= 4 is 0 Å². The second-order valence-corrected chi connectivity index (χ2v) is 5.53. The van der Waals surface area contributed by atoms with Gasteiger partial charge in [-0.3, -0.25) is 0 Å². The zero-order valence-electron chi connectivity index (χ0n) is 12.6. The van der Waals surface area contributed by atoms with Crippen molar-refractivity contribution in [2.45, 2.75) is 40.3 Å². The molecule has 0 amide bonds. The number of nitrogens with one attached hydrogen (secondary N) is 1. The predicted octanol–water partition coefficient (Wildman–Crippen LogP) is 4.60. The Hall–Kier alpha value is -1.67. The standard InChI is InChI=1S/C18H22FN/c1-12-5-6-13(2)18(9-12)15(4)20-11-16-7-8-17(19)10-14(16)3/h5-10,15,20H,11H2,1-4H3. The van der Waals surface area contributed by atoms with Crippen LogP contribution in [0, 0.1) is 26.6 Å². The van der Waals surface area contributed by atoms with E-state index in [1.807, 2.05) is 13.0 Å². The van der Waals surface area contributed by atoms with Crippen molar-refractivity contribution in [2.75, 3.05) is 0 Å². The lowest BCUT2D eigenvalue weighted by Gasteiger charge is -2.18. The van der Waals surface area contributed by atoms with Crippen molar-refractivity contribution in [3.63, 3.8) is 0 Å². The van der Waals surface area contributed by atoms with Crippen molar-refractivity contribution in [1.82, 2.24) is 5.32 Å². The zero-order chi connectivity index (χ0) is 14.7. The normalized spacial score (nSPS) is 12.4. The molecule has 2 rings (SSSR count). The monoisotopic (exact) mass is 271 g/mol. The van der Waals surface area contributed by atoms with Crippen LogP contribution >= 0.6 is 0 Å². The molecule has 1 nitrogen and oxygen atoms in total. The van der Waals surface area contributed by atoms with E-state index in [0.29, 0.717) is 0 Å². The molecule has 106 valence electrons. The van der Waals surface area contributed by atoms with E-state index >= 15 is 0 Å². The van der Waals surface area contributed by atoms with Crippen LogP contribution in [0.3, 0.4) is 0 Å². The highest BCUT2D eigenvalue weighted by Gasteiger charge is 2.09. The van der Waals surface area contributed by atoms with Gasteiger partial charge in [0.15, 0.2) is 0 Å². The summed E-state index contributed by atoms with van der Waals surface area (Å²) in [6.45, 7) is 9.11. The van der Waals surface area contributed by atoms with Crippen molar-refractivity contribution in [3.05, 3.63) is 70.0 Å². The Labute approximate surface area is 120 Å². The number of aryl methyl sites for hydroxylation is 3. The average molecular weight is 271 g/mol. The third-order valence-electron chi connectivity index (χ3n) is 3.80. The van der Waals surface area contributed by atoms with Crippen molar-refractivity contribution in [2.24, 2.45) is 0 Å². The quantitative estimate of drug-likeness (QED) is 0.856. The van der Waals surface area contributed by atoms with Crippen LogP contribution in [-0.4, -0.2) is 0 Å². The van der Waals surface area contributed by atoms with Gasteiger partial charge in [-0.15, -0.1) is 0 Å². The maximum absolute atomic E-state index is 13.1. The van der Waals surface area contributed by atoms with Gasteiger partial charge in [-0.05, 0) is 62.1 Å². The molecule has 0 aliphatic rings. The van der Waals surface area contributed by atoms with E-state index in [2.05, 4.69) is 44.3 Å². The molecule has 0 radical (unpaired) electrons. The highest BCUT2D eigenvalue weighted by molar-refractivity contribution is 5.33. The Morgan fingerprint density at radius 2 is 1.75 bits per heavy atom. The Balaban J connectivity index is 2.08. The fourth-order valence-corrected chi connectivity index (χ4v) is 2.46. The second-order valence-electron chi connectivity index (χ2n) is 5.53. The van der Waals surface area contributed by atoms with E-state index in [4.69, 9.17) is 0 Å². The number of rotatable bonds is 4. The first-order valence-corrected chi connectivity index (χ1v) is 7.03. The number of halogens is 1. The molecule has 0 bridgehead atoms. The third-order valence-corrected chi connectivity index (χ3v) is 3.80. The van der Waals surface area contributed by atoms with E-state index < -0.39 is 0 Å². The topological polar surface area (TPSA) is 12.0 Å². The first kappa shape index (κ1) is 14.7. The van der Waals surface area contributed by atoms with Gasteiger partial charge in [0.05, 0.1) is 0 Å². The lowest BCUT2D eigenvalue weighted by molar-refractivity contribution is 0.568. The summed E-state index contributed by atoms with van der Waals surface area (Å²) >= 11 is 0. The van der Waals surface area contributed by atoms with Gasteiger partial charge in [0.1, 0.15) is 5.82 Å². The van der Waals surface area contributed by atoms with E-state index in [9.17, 15) is 4.39 Å². The van der Waals surface area contributed by atoms with Gasteiger partial charge in [-0.25, -0.2) is 4.39 Å². The number of benzene rings is 2. The van der Waals surface area contributed by atoms with Crippen LogP contribution in [0.15, 0.2) is 36.4 Å². The van der Waals surface area contributed by atoms with E-state index in [1.54, 1.807) is 6.07 Å². The molecule has 0 aliphatic carbocycles. The van der Waals surface area contributed by atoms with Crippen molar-refractivity contribution < 1.29 is 4.39 Å². The molecular weight excluding hydrogens is 249 g/mol. The molecule has 0 saturated carbocycles. The van der Waals surface area contributed by atoms with Gasteiger partial charge in [0, 0.05) is 12.6 Å². The zero-order valence-corrected chi connectivity index (χ0v) is 12.6. The summed E-state index contributed by atoms with van der Waals surface area (Å²) in [7, 11) is 0. The van der Waals surface area contributed by atoms with E-state index in [0.717, 1.165) is 17.7 Å². The van der Waals surface area contributed by atoms with Crippen molar-refractivity contribution in [1.29, 1.82) is 0 Å². The van der Waals surface area contributed by atoms with Gasteiger partial charge in [0.25, 0.3) is 0 Å². The smallest absolute Gasteiger partial charge is 0.123 e. The minimum absolute atomic E-state index is 0.172. The Kier molecular flexibility index (Phi) is 4.56. The average Bonchev–Trinajstić information content (AvgIpc) is 2.40. The largest absolute Gasteiger partial charge is 0.306 e. The van der Waals surface area contributed by atoms with Gasteiger partial charge in [-0.2, -0.15) is 0 Å². The van der Waals surface area contributed by atoms with Crippen LogP contribution in [-0.2, 0) is 6.54 Å². The summed E-state index contributed by atoms with van der Waals surface area (Å²) in [6.07, 6.45) is 0. The van der Waals surface area contributed by atoms with E-state index in [-0.39, 0.29) is 11.9 Å². The van der Waals surface area contributed by atoms with Crippen LogP contribution in [0.5, 0.6) is 0 Å². The Morgan fingerprint density at radius 3 is 2.45 bits per heavy atom. The molecule has 0 fully saturated rings. The summed E-state index contributed by atoms with van der Waals surface area (Å²) in [6, 6.07) is 11.8. The molecule has 0 heterocycles. The van der Waals surface area contributed by atoms with Crippen LogP contribution in [0.2, 0.25) is 0 Å². The molecule has 1 unspecified atom stereocenters. The first-order chi connectivity index (χ1) is 9.47. The molecule has 2 aromatic rings. The summed E-state index contributed by atoms with van der Waals surface area (Å²) in [5, 5.41) is 3.52. The summed E-state index contributed by atoms with van der Waals surface area (Å²) in [5.74, 6) is -0.172. The first-order valence-electron chi connectivity index (χ1n) is 7.03. The Morgan fingerprint density at radius 1 is 1.00 bits per heavy atom. The maximum atomic E-state index is 13.1. The molecule has 1 atom stereocenters. The molecule has 0 saturated heterocycles. The van der Waals surface area contributed by atoms with E-state index in [1.165, 1.54) is 22.8 Å². The molecule has 0 aliphatic heterocycles. The second kappa shape index (κ2) is 6.19.